The van der Waals surface area contributed by atoms with Crippen LogP contribution >= 0.6 is 11.6 Å². The average Bonchev–Trinajstić information content (AvgIpc) is 2.94. The molecule has 7 heteroatoms. The van der Waals surface area contributed by atoms with E-state index in [0.717, 1.165) is 5.56 Å². The Bertz CT molecular complexity index is 908. The summed E-state index contributed by atoms with van der Waals surface area (Å²) in [7, 11) is -3.60. The van der Waals surface area contributed by atoms with Crippen molar-refractivity contribution in [3.63, 3.8) is 0 Å². The summed E-state index contributed by atoms with van der Waals surface area (Å²) >= 11 is 5.95. The van der Waals surface area contributed by atoms with Gasteiger partial charge in [-0.05, 0) is 29.8 Å². The maximum absolute atomic E-state index is 12.2. The molecular formula is C16H14ClN3O2S. The number of hydrogen-bond donors (Lipinski definition) is 1. The molecule has 0 radical (unpaired) electrons. The normalized spacial score (nSPS) is 11.3. The molecule has 1 heterocycles. The third-order valence-corrected chi connectivity index (χ3v) is 4.80. The van der Waals surface area contributed by atoms with Crippen LogP contribution in [0.5, 0.6) is 0 Å². The number of benzene rings is 2. The topological polar surface area (TPSA) is 64.0 Å². The zero-order valence-electron chi connectivity index (χ0n) is 12.1. The van der Waals surface area contributed by atoms with Gasteiger partial charge in [-0.2, -0.15) is 5.10 Å². The molecule has 0 spiro atoms. The second-order valence-corrected chi connectivity index (χ2v) is 7.09. The van der Waals surface area contributed by atoms with Crippen LogP contribution in [-0.2, 0) is 16.6 Å². The summed E-state index contributed by atoms with van der Waals surface area (Å²) in [6, 6.07) is 15.6. The van der Waals surface area contributed by atoms with E-state index in [1.54, 1.807) is 47.3 Å². The SMILES string of the molecule is O=S(=O)(Nc1cnn(Cc2cccc(Cl)c2)c1)c1ccccc1. The minimum Gasteiger partial charge on any atom is -0.276 e. The van der Waals surface area contributed by atoms with Gasteiger partial charge in [-0.3, -0.25) is 9.40 Å². The van der Waals surface area contributed by atoms with Crippen molar-refractivity contribution in [3.8, 4) is 0 Å². The highest BCUT2D eigenvalue weighted by atomic mass is 35.5. The van der Waals surface area contributed by atoms with Crippen LogP contribution < -0.4 is 4.72 Å². The zero-order valence-corrected chi connectivity index (χ0v) is 13.6. The Morgan fingerprint density at radius 1 is 1.09 bits per heavy atom. The number of sulfonamides is 1. The molecule has 0 amide bonds. The number of halogens is 1. The highest BCUT2D eigenvalue weighted by Gasteiger charge is 2.14. The predicted octanol–water partition coefficient (Wildman–Crippen LogP) is 3.39. The summed E-state index contributed by atoms with van der Waals surface area (Å²) < 4.78 is 28.7. The minimum absolute atomic E-state index is 0.211. The van der Waals surface area contributed by atoms with Crippen molar-refractivity contribution >= 4 is 27.3 Å². The highest BCUT2D eigenvalue weighted by Crippen LogP contribution is 2.16. The Kier molecular flexibility index (Phi) is 4.36. The maximum Gasteiger partial charge on any atom is 0.261 e. The molecule has 118 valence electrons. The van der Waals surface area contributed by atoms with Crippen molar-refractivity contribution in [2.75, 3.05) is 4.72 Å². The monoisotopic (exact) mass is 347 g/mol. The van der Waals surface area contributed by atoms with Gasteiger partial charge in [0, 0.05) is 11.2 Å². The number of rotatable bonds is 5. The van der Waals surface area contributed by atoms with Crippen molar-refractivity contribution in [1.29, 1.82) is 0 Å². The molecule has 0 aliphatic heterocycles. The summed E-state index contributed by atoms with van der Waals surface area (Å²) in [5.41, 5.74) is 1.40. The van der Waals surface area contributed by atoms with Gasteiger partial charge in [0.1, 0.15) is 0 Å². The largest absolute Gasteiger partial charge is 0.276 e. The third-order valence-electron chi connectivity index (χ3n) is 3.17. The van der Waals surface area contributed by atoms with Gasteiger partial charge >= 0.3 is 0 Å². The first-order chi connectivity index (χ1) is 11.0. The van der Waals surface area contributed by atoms with Crippen molar-refractivity contribution < 1.29 is 8.42 Å². The molecule has 0 aliphatic carbocycles. The van der Waals surface area contributed by atoms with Crippen molar-refractivity contribution in [3.05, 3.63) is 77.6 Å². The molecule has 23 heavy (non-hydrogen) atoms. The number of nitrogens with zero attached hydrogens (tertiary/aromatic N) is 2. The van der Waals surface area contributed by atoms with Crippen LogP contribution in [0.3, 0.4) is 0 Å². The van der Waals surface area contributed by atoms with E-state index in [9.17, 15) is 8.42 Å². The van der Waals surface area contributed by atoms with E-state index in [1.807, 2.05) is 18.2 Å². The van der Waals surface area contributed by atoms with Crippen LogP contribution in [0, 0.1) is 0 Å². The van der Waals surface area contributed by atoms with Crippen LogP contribution in [-0.4, -0.2) is 18.2 Å². The second kappa shape index (κ2) is 6.44. The minimum atomic E-state index is -3.60. The molecule has 0 saturated heterocycles. The molecular weight excluding hydrogens is 334 g/mol. The number of nitrogens with one attached hydrogen (secondary N) is 1. The lowest BCUT2D eigenvalue weighted by Gasteiger charge is -2.05. The molecule has 0 saturated carbocycles. The van der Waals surface area contributed by atoms with Gasteiger partial charge in [-0.15, -0.1) is 0 Å². The Labute approximate surface area is 139 Å². The van der Waals surface area contributed by atoms with Gasteiger partial charge in [-0.1, -0.05) is 41.9 Å². The van der Waals surface area contributed by atoms with Crippen LogP contribution in [0.4, 0.5) is 5.69 Å². The average molecular weight is 348 g/mol. The fourth-order valence-corrected chi connectivity index (χ4v) is 3.40. The molecule has 0 fully saturated rings. The van der Waals surface area contributed by atoms with Gasteiger partial charge in [0.05, 0.1) is 23.3 Å². The molecule has 0 aliphatic rings. The summed E-state index contributed by atoms with van der Waals surface area (Å²) in [5.74, 6) is 0. The third kappa shape index (κ3) is 3.91. The lowest BCUT2D eigenvalue weighted by molar-refractivity contribution is 0.601. The van der Waals surface area contributed by atoms with E-state index in [4.69, 9.17) is 11.6 Å². The van der Waals surface area contributed by atoms with E-state index in [2.05, 4.69) is 9.82 Å². The van der Waals surface area contributed by atoms with Gasteiger partial charge < -0.3 is 0 Å². The molecule has 3 rings (SSSR count). The van der Waals surface area contributed by atoms with Crippen molar-refractivity contribution in [2.45, 2.75) is 11.4 Å². The van der Waals surface area contributed by atoms with Gasteiger partial charge in [0.15, 0.2) is 0 Å². The van der Waals surface area contributed by atoms with Gasteiger partial charge in [0.2, 0.25) is 0 Å². The Morgan fingerprint density at radius 2 is 1.87 bits per heavy atom. The fourth-order valence-electron chi connectivity index (χ4n) is 2.14. The van der Waals surface area contributed by atoms with E-state index < -0.39 is 10.0 Å². The molecule has 5 nitrogen and oxygen atoms in total. The first kappa shape index (κ1) is 15.6. The van der Waals surface area contributed by atoms with Crippen molar-refractivity contribution in [2.24, 2.45) is 0 Å². The van der Waals surface area contributed by atoms with Crippen molar-refractivity contribution in [1.82, 2.24) is 9.78 Å². The number of hydrogen-bond acceptors (Lipinski definition) is 3. The van der Waals surface area contributed by atoms with Crippen LogP contribution in [0.1, 0.15) is 5.56 Å². The first-order valence-corrected chi connectivity index (χ1v) is 8.74. The lowest BCUT2D eigenvalue weighted by atomic mass is 10.2. The fraction of sp³-hybridized carbons (Fsp3) is 0.0625. The second-order valence-electron chi connectivity index (χ2n) is 4.98. The van der Waals surface area contributed by atoms with E-state index >= 15 is 0 Å². The maximum atomic E-state index is 12.2. The number of anilines is 1. The van der Waals surface area contributed by atoms with Crippen LogP contribution in [0.25, 0.3) is 0 Å². The molecule has 2 aromatic carbocycles. The first-order valence-electron chi connectivity index (χ1n) is 6.88. The zero-order chi connectivity index (χ0) is 16.3. The molecule has 0 unspecified atom stereocenters. The number of aromatic nitrogens is 2. The summed E-state index contributed by atoms with van der Waals surface area (Å²) in [6.07, 6.45) is 3.12. The van der Waals surface area contributed by atoms with Gasteiger partial charge in [-0.25, -0.2) is 8.42 Å². The van der Waals surface area contributed by atoms with Crippen LogP contribution in [0.15, 0.2) is 71.9 Å². The highest BCUT2D eigenvalue weighted by molar-refractivity contribution is 7.92. The van der Waals surface area contributed by atoms with E-state index in [0.29, 0.717) is 17.3 Å². The van der Waals surface area contributed by atoms with E-state index in [-0.39, 0.29) is 4.90 Å². The summed E-state index contributed by atoms with van der Waals surface area (Å²) in [6.45, 7) is 0.508. The quantitative estimate of drug-likeness (QED) is 0.769. The summed E-state index contributed by atoms with van der Waals surface area (Å²) in [4.78, 5) is 0.211. The van der Waals surface area contributed by atoms with Gasteiger partial charge in [0.25, 0.3) is 10.0 Å². The lowest BCUT2D eigenvalue weighted by Crippen LogP contribution is -2.12. The molecule has 1 N–H and O–H groups in total. The smallest absolute Gasteiger partial charge is 0.261 e. The molecule has 3 aromatic rings. The summed E-state index contributed by atoms with van der Waals surface area (Å²) in [5, 5.41) is 4.82. The van der Waals surface area contributed by atoms with E-state index in [1.165, 1.54) is 6.20 Å². The Morgan fingerprint density at radius 3 is 2.61 bits per heavy atom. The molecule has 1 aromatic heterocycles. The molecule has 0 bridgehead atoms. The Balaban J connectivity index is 1.75. The van der Waals surface area contributed by atoms with Crippen LogP contribution in [0.2, 0.25) is 5.02 Å². The Hall–Kier alpha value is -2.31. The molecule has 0 atom stereocenters. The predicted molar refractivity (Wildman–Crippen MR) is 90.0 cm³/mol. The standard InChI is InChI=1S/C16H14ClN3O2S/c17-14-6-4-5-13(9-14)11-20-12-15(10-18-20)19-23(21,22)16-7-2-1-3-8-16/h1-10,12,19H,11H2.